The van der Waals surface area contributed by atoms with Gasteiger partial charge < -0.3 is 13.3 Å². The Morgan fingerprint density at radius 2 is 0.808 bits per heavy atom. The molecule has 0 saturated carbocycles. The fourth-order valence-electron chi connectivity index (χ4n) is 2.47. The molecule has 134 valence electrons. The number of hydrogen-bond donors (Lipinski definition) is 0. The van der Waals surface area contributed by atoms with Crippen molar-refractivity contribution in [3.63, 3.8) is 0 Å². The molecule has 0 heterocycles. The quantitative estimate of drug-likeness (QED) is 0.395. The van der Waals surface area contributed by atoms with Crippen molar-refractivity contribution < 1.29 is 13.3 Å². The molecule has 5 heteroatoms. The molecule has 0 amide bonds. The van der Waals surface area contributed by atoms with Crippen LogP contribution in [0.15, 0.2) is 72.8 Å². The topological polar surface area (TPSA) is 27.7 Å². The fraction of sp³-hybridized carbons (Fsp3) is 0.143. The molecule has 0 saturated heterocycles. The SMILES string of the molecule is Cc1ccccc1O[Si](Cl)(Oc1ccccc1C)Oc1ccccc1C. The van der Waals surface area contributed by atoms with Crippen LogP contribution in [-0.2, 0) is 0 Å². The Labute approximate surface area is 160 Å². The second kappa shape index (κ2) is 7.85. The van der Waals surface area contributed by atoms with Crippen LogP contribution < -0.4 is 13.3 Å². The smallest absolute Gasteiger partial charge is 0.472 e. The first-order chi connectivity index (χ1) is 12.5. The third-order valence-corrected chi connectivity index (χ3v) is 6.06. The number of benzene rings is 3. The van der Waals surface area contributed by atoms with Gasteiger partial charge in [-0.1, -0.05) is 54.6 Å². The Hall–Kier alpha value is -2.43. The highest BCUT2D eigenvalue weighted by Gasteiger charge is 2.49. The molecule has 0 atom stereocenters. The number of rotatable bonds is 6. The first kappa shape index (κ1) is 18.4. The summed E-state index contributed by atoms with van der Waals surface area (Å²) in [5.74, 6) is 1.95. The molecule has 3 aromatic rings. The Morgan fingerprint density at radius 3 is 1.08 bits per heavy atom. The summed E-state index contributed by atoms with van der Waals surface area (Å²) in [4.78, 5) is 0. The fourth-order valence-corrected chi connectivity index (χ4v) is 4.82. The predicted octanol–water partition coefficient (Wildman–Crippen LogP) is 5.82. The van der Waals surface area contributed by atoms with Crippen LogP contribution in [0.1, 0.15) is 16.7 Å². The van der Waals surface area contributed by atoms with Gasteiger partial charge in [-0.15, -0.1) is 0 Å². The van der Waals surface area contributed by atoms with Crippen LogP contribution in [0.2, 0.25) is 0 Å². The first-order valence-electron chi connectivity index (χ1n) is 8.40. The zero-order valence-corrected chi connectivity index (χ0v) is 16.8. The van der Waals surface area contributed by atoms with E-state index in [1.807, 2.05) is 93.6 Å². The summed E-state index contributed by atoms with van der Waals surface area (Å²) in [6, 6.07) is 23.0. The van der Waals surface area contributed by atoms with Crippen LogP contribution in [0.5, 0.6) is 17.2 Å². The van der Waals surface area contributed by atoms with Gasteiger partial charge in [-0.05, 0) is 66.7 Å². The van der Waals surface area contributed by atoms with Gasteiger partial charge in [0.15, 0.2) is 0 Å². The zero-order chi connectivity index (χ0) is 18.6. The number of para-hydroxylation sites is 3. The number of halogens is 1. The Morgan fingerprint density at radius 1 is 0.538 bits per heavy atom. The van der Waals surface area contributed by atoms with Crippen molar-refractivity contribution in [2.75, 3.05) is 0 Å². The summed E-state index contributed by atoms with van der Waals surface area (Å²) < 4.78 is 18.3. The zero-order valence-electron chi connectivity index (χ0n) is 15.0. The molecule has 0 radical (unpaired) electrons. The normalized spacial score (nSPS) is 11.1. The highest BCUT2D eigenvalue weighted by molar-refractivity contribution is 7.10. The van der Waals surface area contributed by atoms with E-state index in [1.54, 1.807) is 0 Å². The van der Waals surface area contributed by atoms with Crippen molar-refractivity contribution in [2.45, 2.75) is 20.8 Å². The summed E-state index contributed by atoms with van der Waals surface area (Å²) in [6.45, 7) is 5.88. The van der Waals surface area contributed by atoms with Crippen molar-refractivity contribution in [1.82, 2.24) is 0 Å². The minimum absolute atomic E-state index is 0.649. The Balaban J connectivity index is 1.96. The molecule has 0 fully saturated rings. The molecule has 0 aliphatic rings. The standard InChI is InChI=1S/C21H21ClO3Si/c1-16-10-4-7-13-19(16)23-26(22,24-20-14-8-5-11-17(20)2)25-21-15-9-6-12-18(21)3/h4-15H,1-3H3. The van der Waals surface area contributed by atoms with E-state index in [4.69, 9.17) is 24.4 Å². The van der Waals surface area contributed by atoms with Gasteiger partial charge in [0.05, 0.1) is 0 Å². The molecule has 0 aromatic heterocycles. The lowest BCUT2D eigenvalue weighted by Crippen LogP contribution is -2.50. The van der Waals surface area contributed by atoms with E-state index in [0.29, 0.717) is 17.2 Å². The maximum atomic E-state index is 6.83. The lowest BCUT2D eigenvalue weighted by Gasteiger charge is -2.26. The summed E-state index contributed by atoms with van der Waals surface area (Å²) in [5.41, 5.74) is 2.89. The molecule has 0 aliphatic heterocycles. The highest BCUT2D eigenvalue weighted by atomic mass is 35.6. The van der Waals surface area contributed by atoms with Crippen LogP contribution in [0.4, 0.5) is 0 Å². The van der Waals surface area contributed by atoms with E-state index in [9.17, 15) is 0 Å². The average molecular weight is 385 g/mol. The van der Waals surface area contributed by atoms with E-state index >= 15 is 0 Å². The highest BCUT2D eigenvalue weighted by Crippen LogP contribution is 2.30. The second-order valence-corrected chi connectivity index (χ2v) is 9.05. The van der Waals surface area contributed by atoms with Gasteiger partial charge in [0.25, 0.3) is 0 Å². The molecule has 3 nitrogen and oxygen atoms in total. The molecule has 0 N–H and O–H groups in total. The van der Waals surface area contributed by atoms with Gasteiger partial charge in [-0.3, -0.25) is 0 Å². The molecule has 0 aliphatic carbocycles. The molecule has 26 heavy (non-hydrogen) atoms. The minimum atomic E-state index is -3.59. The largest absolute Gasteiger partial charge is 0.818 e. The van der Waals surface area contributed by atoms with E-state index in [2.05, 4.69) is 0 Å². The van der Waals surface area contributed by atoms with Gasteiger partial charge in [0.1, 0.15) is 17.2 Å². The monoisotopic (exact) mass is 384 g/mol. The number of aryl methyl sites for hydroxylation is 3. The van der Waals surface area contributed by atoms with Crippen molar-refractivity contribution in [2.24, 2.45) is 0 Å². The van der Waals surface area contributed by atoms with E-state index < -0.39 is 8.11 Å². The van der Waals surface area contributed by atoms with Crippen LogP contribution >= 0.6 is 11.1 Å². The second-order valence-electron chi connectivity index (χ2n) is 6.08. The van der Waals surface area contributed by atoms with Gasteiger partial charge in [0, 0.05) is 0 Å². The third-order valence-electron chi connectivity index (χ3n) is 3.98. The molecule has 0 bridgehead atoms. The lowest BCUT2D eigenvalue weighted by atomic mass is 10.2. The van der Waals surface area contributed by atoms with Crippen molar-refractivity contribution in [3.05, 3.63) is 89.5 Å². The van der Waals surface area contributed by atoms with Gasteiger partial charge in [-0.25, -0.2) is 0 Å². The summed E-state index contributed by atoms with van der Waals surface area (Å²) in [5, 5.41) is 0. The van der Waals surface area contributed by atoms with Crippen LogP contribution in [0.3, 0.4) is 0 Å². The molecular formula is C21H21ClO3Si. The average Bonchev–Trinajstić information content (AvgIpc) is 2.61. The van der Waals surface area contributed by atoms with E-state index in [0.717, 1.165) is 16.7 Å². The third kappa shape index (κ3) is 4.39. The van der Waals surface area contributed by atoms with Crippen LogP contribution in [-0.4, -0.2) is 8.11 Å². The number of hydrogen-bond acceptors (Lipinski definition) is 3. The van der Waals surface area contributed by atoms with Crippen LogP contribution in [0, 0.1) is 20.8 Å². The van der Waals surface area contributed by atoms with Crippen molar-refractivity contribution in [3.8, 4) is 17.2 Å². The summed E-state index contributed by atoms with van der Waals surface area (Å²) >= 11 is 6.83. The Kier molecular flexibility index (Phi) is 5.54. The molecule has 0 spiro atoms. The van der Waals surface area contributed by atoms with E-state index in [-0.39, 0.29) is 0 Å². The summed E-state index contributed by atoms with van der Waals surface area (Å²) in [6.07, 6.45) is 0. The van der Waals surface area contributed by atoms with E-state index in [1.165, 1.54) is 0 Å². The minimum Gasteiger partial charge on any atom is -0.472 e. The van der Waals surface area contributed by atoms with Crippen molar-refractivity contribution >= 4 is 19.2 Å². The van der Waals surface area contributed by atoms with Gasteiger partial charge in [0.2, 0.25) is 0 Å². The lowest BCUT2D eigenvalue weighted by molar-refractivity contribution is 0.289. The first-order valence-corrected chi connectivity index (χ1v) is 11.1. The molecule has 3 rings (SSSR count). The van der Waals surface area contributed by atoms with Gasteiger partial charge in [-0.2, -0.15) is 0 Å². The maximum absolute atomic E-state index is 6.83. The molecular weight excluding hydrogens is 364 g/mol. The van der Waals surface area contributed by atoms with Gasteiger partial charge >= 0.3 is 8.11 Å². The van der Waals surface area contributed by atoms with Crippen molar-refractivity contribution in [1.29, 1.82) is 0 Å². The van der Waals surface area contributed by atoms with Crippen LogP contribution in [0.25, 0.3) is 0 Å². The summed E-state index contributed by atoms with van der Waals surface area (Å²) in [7, 11) is -3.59. The molecule has 3 aromatic carbocycles. The predicted molar refractivity (Wildman–Crippen MR) is 107 cm³/mol. The Bertz CT molecular complexity index is 782. The molecule has 0 unspecified atom stereocenters. The maximum Gasteiger partial charge on any atom is 0.818 e.